The number of imide groups is 1. The quantitative estimate of drug-likeness (QED) is 0.448. The van der Waals surface area contributed by atoms with E-state index >= 15 is 0 Å². The predicted octanol–water partition coefficient (Wildman–Crippen LogP) is 6.42. The molecule has 32 heavy (non-hydrogen) atoms. The van der Waals surface area contributed by atoms with Gasteiger partial charge < -0.3 is 5.32 Å². The van der Waals surface area contributed by atoms with Crippen molar-refractivity contribution in [3.05, 3.63) is 100 Å². The van der Waals surface area contributed by atoms with Gasteiger partial charge in [-0.3, -0.25) is 9.59 Å². The lowest BCUT2D eigenvalue weighted by Crippen LogP contribution is -2.32. The summed E-state index contributed by atoms with van der Waals surface area (Å²) in [5.74, 6) is -0.283. The Morgan fingerprint density at radius 1 is 0.812 bits per heavy atom. The zero-order chi connectivity index (χ0) is 22.8. The number of benzene rings is 3. The Morgan fingerprint density at radius 2 is 1.50 bits per heavy atom. The summed E-state index contributed by atoms with van der Waals surface area (Å²) in [6.45, 7) is 8.24. The second-order valence-electron chi connectivity index (χ2n) is 8.31. The van der Waals surface area contributed by atoms with Crippen LogP contribution in [0.5, 0.6) is 0 Å². The smallest absolute Gasteiger partial charge is 0.283 e. The molecule has 3 aromatic carbocycles. The van der Waals surface area contributed by atoms with Crippen LogP contribution >= 0.6 is 11.8 Å². The van der Waals surface area contributed by atoms with Crippen LogP contribution in [0, 0.1) is 13.8 Å². The van der Waals surface area contributed by atoms with Gasteiger partial charge in [0.05, 0.1) is 5.69 Å². The molecule has 1 aliphatic heterocycles. The lowest BCUT2D eigenvalue weighted by atomic mass is 10.0. The zero-order valence-corrected chi connectivity index (χ0v) is 19.5. The first-order chi connectivity index (χ1) is 15.3. The van der Waals surface area contributed by atoms with E-state index in [0.29, 0.717) is 22.2 Å². The van der Waals surface area contributed by atoms with Gasteiger partial charge in [0.15, 0.2) is 0 Å². The van der Waals surface area contributed by atoms with E-state index in [-0.39, 0.29) is 11.8 Å². The number of nitrogens with one attached hydrogen (secondary N) is 1. The molecule has 3 aromatic rings. The first kappa shape index (κ1) is 21.9. The normalized spacial score (nSPS) is 14.0. The molecule has 0 spiro atoms. The summed E-state index contributed by atoms with van der Waals surface area (Å²) in [6, 6.07) is 23.3. The fourth-order valence-corrected chi connectivity index (χ4v) is 4.48. The zero-order valence-electron chi connectivity index (χ0n) is 18.7. The number of thioether (sulfide) groups is 1. The maximum absolute atomic E-state index is 13.5. The van der Waals surface area contributed by atoms with Crippen molar-refractivity contribution in [1.29, 1.82) is 0 Å². The third-order valence-electron chi connectivity index (χ3n) is 5.39. The van der Waals surface area contributed by atoms with Crippen molar-refractivity contribution < 1.29 is 9.59 Å². The van der Waals surface area contributed by atoms with E-state index in [1.807, 2.05) is 86.6 Å². The molecule has 2 amide bonds. The number of anilines is 2. The molecule has 0 saturated heterocycles. The SMILES string of the molecule is Cc1ccc(SC2=C(Nc3cccc(C)c3)C(=O)N(c3ccc(C(C)C)cc3)C2=O)cc1. The van der Waals surface area contributed by atoms with Crippen LogP contribution in [0.25, 0.3) is 0 Å². The fraction of sp³-hybridized carbons (Fsp3) is 0.185. The van der Waals surface area contributed by atoms with Crippen molar-refractivity contribution in [3.8, 4) is 0 Å². The summed E-state index contributed by atoms with van der Waals surface area (Å²) in [5, 5.41) is 3.22. The van der Waals surface area contributed by atoms with Crippen molar-refractivity contribution in [2.75, 3.05) is 10.2 Å². The number of carbonyl (C=O) groups excluding carboxylic acids is 2. The highest BCUT2D eigenvalue weighted by Gasteiger charge is 2.40. The molecule has 0 bridgehead atoms. The van der Waals surface area contributed by atoms with Gasteiger partial charge in [0.2, 0.25) is 0 Å². The van der Waals surface area contributed by atoms with Gasteiger partial charge in [-0.2, -0.15) is 0 Å². The van der Waals surface area contributed by atoms with Gasteiger partial charge in [-0.25, -0.2) is 4.90 Å². The monoisotopic (exact) mass is 442 g/mol. The summed E-state index contributed by atoms with van der Waals surface area (Å²) < 4.78 is 0. The molecule has 1 aliphatic rings. The minimum absolute atomic E-state index is 0.305. The van der Waals surface area contributed by atoms with Gasteiger partial charge in [-0.1, -0.05) is 67.6 Å². The fourth-order valence-electron chi connectivity index (χ4n) is 3.55. The first-order valence-corrected chi connectivity index (χ1v) is 11.5. The summed E-state index contributed by atoms with van der Waals surface area (Å²) in [4.78, 5) is 29.5. The van der Waals surface area contributed by atoms with Crippen LogP contribution in [-0.4, -0.2) is 11.8 Å². The standard InChI is InChI=1S/C27H26N2O2S/c1-17(2)20-10-12-22(13-11-20)29-26(30)24(28-21-7-5-6-19(4)16-21)25(27(29)31)32-23-14-8-18(3)9-15-23/h5-17,28H,1-4H3. The van der Waals surface area contributed by atoms with Crippen molar-refractivity contribution in [2.45, 2.75) is 38.5 Å². The van der Waals surface area contributed by atoms with Crippen LogP contribution in [0.3, 0.4) is 0 Å². The Kier molecular flexibility index (Phi) is 6.19. The number of nitrogens with zero attached hydrogens (tertiary/aromatic N) is 1. The molecule has 4 rings (SSSR count). The molecular formula is C27H26N2O2S. The molecule has 0 aliphatic carbocycles. The predicted molar refractivity (Wildman–Crippen MR) is 132 cm³/mol. The van der Waals surface area contributed by atoms with Gasteiger partial charge in [0.1, 0.15) is 10.6 Å². The van der Waals surface area contributed by atoms with Crippen molar-refractivity contribution >= 4 is 35.0 Å². The Bertz CT molecular complexity index is 1200. The molecule has 1 N–H and O–H groups in total. The van der Waals surface area contributed by atoms with Crippen LogP contribution in [0.2, 0.25) is 0 Å². The maximum atomic E-state index is 13.5. The van der Waals surface area contributed by atoms with E-state index < -0.39 is 0 Å². The molecule has 4 nitrogen and oxygen atoms in total. The lowest BCUT2D eigenvalue weighted by Gasteiger charge is -2.16. The van der Waals surface area contributed by atoms with Gasteiger partial charge in [0, 0.05) is 10.6 Å². The van der Waals surface area contributed by atoms with Gasteiger partial charge in [-0.15, -0.1) is 0 Å². The Balaban J connectivity index is 1.72. The number of amides is 2. The summed E-state index contributed by atoms with van der Waals surface area (Å²) in [6.07, 6.45) is 0. The number of aryl methyl sites for hydroxylation is 2. The van der Waals surface area contributed by atoms with E-state index in [2.05, 4.69) is 19.2 Å². The molecule has 1 heterocycles. The summed E-state index contributed by atoms with van der Waals surface area (Å²) in [7, 11) is 0. The maximum Gasteiger partial charge on any atom is 0.283 e. The molecule has 0 radical (unpaired) electrons. The molecule has 0 saturated carbocycles. The van der Waals surface area contributed by atoms with Crippen LogP contribution in [0.4, 0.5) is 11.4 Å². The second-order valence-corrected chi connectivity index (χ2v) is 9.39. The molecule has 0 aromatic heterocycles. The molecule has 162 valence electrons. The minimum Gasteiger partial charge on any atom is -0.350 e. The highest BCUT2D eigenvalue weighted by molar-refractivity contribution is 8.04. The van der Waals surface area contributed by atoms with Gasteiger partial charge in [0.25, 0.3) is 11.8 Å². The van der Waals surface area contributed by atoms with E-state index in [0.717, 1.165) is 27.3 Å². The topological polar surface area (TPSA) is 49.4 Å². The molecule has 0 fully saturated rings. The van der Waals surface area contributed by atoms with Gasteiger partial charge >= 0.3 is 0 Å². The van der Waals surface area contributed by atoms with E-state index in [1.54, 1.807) is 0 Å². The number of hydrogen-bond acceptors (Lipinski definition) is 4. The van der Waals surface area contributed by atoms with Gasteiger partial charge in [-0.05, 0) is 67.3 Å². The highest BCUT2D eigenvalue weighted by atomic mass is 32.2. The number of hydrogen-bond donors (Lipinski definition) is 1. The van der Waals surface area contributed by atoms with Crippen LogP contribution < -0.4 is 10.2 Å². The van der Waals surface area contributed by atoms with Crippen LogP contribution in [-0.2, 0) is 9.59 Å². The minimum atomic E-state index is -0.344. The average molecular weight is 443 g/mol. The summed E-state index contributed by atoms with van der Waals surface area (Å²) in [5.41, 5.74) is 5.03. The number of carbonyl (C=O) groups is 2. The molecular weight excluding hydrogens is 416 g/mol. The molecule has 0 unspecified atom stereocenters. The first-order valence-electron chi connectivity index (χ1n) is 10.6. The van der Waals surface area contributed by atoms with Crippen molar-refractivity contribution in [3.63, 3.8) is 0 Å². The Morgan fingerprint density at radius 3 is 2.12 bits per heavy atom. The average Bonchev–Trinajstić information content (AvgIpc) is 2.99. The summed E-state index contributed by atoms with van der Waals surface area (Å²) >= 11 is 1.31. The third-order valence-corrected chi connectivity index (χ3v) is 6.48. The molecule has 0 atom stereocenters. The third kappa shape index (κ3) is 4.48. The van der Waals surface area contributed by atoms with Crippen LogP contribution in [0.15, 0.2) is 88.3 Å². The Hall–Kier alpha value is -3.31. The van der Waals surface area contributed by atoms with Crippen molar-refractivity contribution in [1.82, 2.24) is 0 Å². The van der Waals surface area contributed by atoms with Crippen molar-refractivity contribution in [2.24, 2.45) is 0 Å². The van der Waals surface area contributed by atoms with E-state index in [4.69, 9.17) is 0 Å². The van der Waals surface area contributed by atoms with E-state index in [1.165, 1.54) is 16.7 Å². The van der Waals surface area contributed by atoms with Crippen LogP contribution in [0.1, 0.15) is 36.5 Å². The lowest BCUT2D eigenvalue weighted by molar-refractivity contribution is -0.120. The second kappa shape index (κ2) is 9.05. The number of rotatable bonds is 6. The van der Waals surface area contributed by atoms with E-state index in [9.17, 15) is 9.59 Å². The molecule has 5 heteroatoms. The highest BCUT2D eigenvalue weighted by Crippen LogP contribution is 2.38. The largest absolute Gasteiger partial charge is 0.350 e. The Labute approximate surface area is 193 Å².